The molecular weight excluding hydrogens is 408 g/mol. The van der Waals surface area contributed by atoms with E-state index in [0.717, 1.165) is 50.1 Å². The number of carbonyl (C=O) groups is 1. The van der Waals surface area contributed by atoms with Gasteiger partial charge in [0.25, 0.3) is 5.91 Å². The van der Waals surface area contributed by atoms with Gasteiger partial charge in [0, 0.05) is 42.4 Å². The molecule has 0 bridgehead atoms. The van der Waals surface area contributed by atoms with Gasteiger partial charge in [-0.05, 0) is 44.2 Å². The Morgan fingerprint density at radius 3 is 2.80 bits per heavy atom. The standard InChI is InChI=1S/C21H23F2N5OS/c1-13-3-5-16(30-13)12-27-8-7-19-25-26-20(28(19)10-9-27)14(2)24-21(29)17-11-15(22)4-6-18(17)23/h3-6,11,14H,7-10,12H2,1-2H3,(H,24,29). The monoisotopic (exact) mass is 431 g/mol. The van der Waals surface area contributed by atoms with Gasteiger partial charge in [-0.1, -0.05) is 0 Å². The quantitative estimate of drug-likeness (QED) is 0.672. The Bertz CT molecular complexity index is 1060. The molecular formula is C21H23F2N5OS. The summed E-state index contributed by atoms with van der Waals surface area (Å²) in [6, 6.07) is 6.63. The zero-order valence-electron chi connectivity index (χ0n) is 16.9. The van der Waals surface area contributed by atoms with Gasteiger partial charge in [-0.15, -0.1) is 21.5 Å². The maximum atomic E-state index is 13.9. The third-order valence-corrected chi connectivity index (χ3v) is 6.22. The van der Waals surface area contributed by atoms with Crippen molar-refractivity contribution in [2.75, 3.05) is 13.1 Å². The summed E-state index contributed by atoms with van der Waals surface area (Å²) >= 11 is 1.81. The highest BCUT2D eigenvalue weighted by Gasteiger charge is 2.24. The van der Waals surface area contributed by atoms with Gasteiger partial charge < -0.3 is 9.88 Å². The minimum atomic E-state index is -0.763. The van der Waals surface area contributed by atoms with Gasteiger partial charge in [0.1, 0.15) is 17.5 Å². The van der Waals surface area contributed by atoms with E-state index in [9.17, 15) is 13.6 Å². The molecule has 1 atom stereocenters. The van der Waals surface area contributed by atoms with Crippen LogP contribution in [0.1, 0.15) is 44.7 Å². The molecule has 3 aromatic rings. The first-order valence-electron chi connectivity index (χ1n) is 9.86. The number of aryl methyl sites for hydroxylation is 1. The highest BCUT2D eigenvalue weighted by molar-refractivity contribution is 7.11. The molecule has 3 heterocycles. The van der Waals surface area contributed by atoms with Crippen molar-refractivity contribution >= 4 is 17.2 Å². The van der Waals surface area contributed by atoms with Crippen LogP contribution in [-0.2, 0) is 19.5 Å². The largest absolute Gasteiger partial charge is 0.342 e. The van der Waals surface area contributed by atoms with E-state index in [1.165, 1.54) is 9.75 Å². The zero-order chi connectivity index (χ0) is 21.3. The summed E-state index contributed by atoms with van der Waals surface area (Å²) in [4.78, 5) is 17.5. The van der Waals surface area contributed by atoms with Gasteiger partial charge in [0.2, 0.25) is 0 Å². The predicted octanol–water partition coefficient (Wildman–Crippen LogP) is 3.48. The number of rotatable bonds is 5. The smallest absolute Gasteiger partial charge is 0.254 e. The number of amides is 1. The lowest BCUT2D eigenvalue weighted by Crippen LogP contribution is -2.30. The minimum Gasteiger partial charge on any atom is -0.342 e. The molecule has 1 amide bonds. The number of hydrogen-bond acceptors (Lipinski definition) is 5. The third-order valence-electron chi connectivity index (χ3n) is 5.23. The maximum absolute atomic E-state index is 13.9. The molecule has 2 aromatic heterocycles. The number of nitrogens with zero attached hydrogens (tertiary/aromatic N) is 4. The van der Waals surface area contributed by atoms with Crippen LogP contribution < -0.4 is 5.32 Å². The molecule has 9 heteroatoms. The summed E-state index contributed by atoms with van der Waals surface area (Å²) in [5, 5.41) is 11.3. The molecule has 158 valence electrons. The lowest BCUT2D eigenvalue weighted by molar-refractivity contribution is 0.0933. The van der Waals surface area contributed by atoms with Gasteiger partial charge in [-0.25, -0.2) is 8.78 Å². The molecule has 1 aliphatic rings. The van der Waals surface area contributed by atoms with Gasteiger partial charge in [0.05, 0.1) is 11.6 Å². The normalized spacial score (nSPS) is 15.5. The maximum Gasteiger partial charge on any atom is 0.254 e. The van der Waals surface area contributed by atoms with Crippen LogP contribution in [0.2, 0.25) is 0 Å². The molecule has 1 unspecified atom stereocenters. The van der Waals surface area contributed by atoms with E-state index in [4.69, 9.17) is 0 Å². The van der Waals surface area contributed by atoms with Crippen LogP contribution in [0.4, 0.5) is 8.78 Å². The van der Waals surface area contributed by atoms with Crippen LogP contribution in [0, 0.1) is 18.6 Å². The Morgan fingerprint density at radius 1 is 1.20 bits per heavy atom. The van der Waals surface area contributed by atoms with E-state index in [1.54, 1.807) is 6.92 Å². The van der Waals surface area contributed by atoms with Crippen molar-refractivity contribution in [2.45, 2.75) is 39.4 Å². The molecule has 0 aliphatic carbocycles. The lowest BCUT2D eigenvalue weighted by atomic mass is 10.1. The zero-order valence-corrected chi connectivity index (χ0v) is 17.7. The highest BCUT2D eigenvalue weighted by atomic mass is 32.1. The fourth-order valence-corrected chi connectivity index (χ4v) is 4.60. The van der Waals surface area contributed by atoms with Crippen molar-refractivity contribution in [3.8, 4) is 0 Å². The number of nitrogens with one attached hydrogen (secondary N) is 1. The Kier molecular flexibility index (Phi) is 5.92. The van der Waals surface area contributed by atoms with Crippen LogP contribution in [0.25, 0.3) is 0 Å². The minimum absolute atomic E-state index is 0.324. The van der Waals surface area contributed by atoms with Crippen LogP contribution in [0.15, 0.2) is 30.3 Å². The van der Waals surface area contributed by atoms with Gasteiger partial charge in [-0.2, -0.15) is 0 Å². The topological polar surface area (TPSA) is 63.1 Å². The first-order chi connectivity index (χ1) is 14.4. The van der Waals surface area contributed by atoms with Crippen LogP contribution in [-0.4, -0.2) is 38.7 Å². The van der Waals surface area contributed by atoms with Gasteiger partial charge in [0.15, 0.2) is 5.82 Å². The molecule has 0 fully saturated rings. The fraction of sp³-hybridized carbons (Fsp3) is 0.381. The molecule has 1 aliphatic heterocycles. The van der Waals surface area contributed by atoms with E-state index in [-0.39, 0.29) is 5.56 Å². The number of benzene rings is 1. The molecule has 0 saturated carbocycles. The van der Waals surface area contributed by atoms with E-state index in [2.05, 4.69) is 39.5 Å². The summed E-state index contributed by atoms with van der Waals surface area (Å²) in [5.41, 5.74) is -0.324. The average molecular weight is 432 g/mol. The first-order valence-corrected chi connectivity index (χ1v) is 10.7. The van der Waals surface area contributed by atoms with Crippen molar-refractivity contribution in [1.82, 2.24) is 25.0 Å². The fourth-order valence-electron chi connectivity index (χ4n) is 3.67. The van der Waals surface area contributed by atoms with E-state index in [1.807, 2.05) is 15.9 Å². The number of fused-ring (bicyclic) bond motifs is 1. The van der Waals surface area contributed by atoms with Crippen LogP contribution in [0.5, 0.6) is 0 Å². The summed E-state index contributed by atoms with van der Waals surface area (Å²) in [7, 11) is 0. The molecule has 1 N–H and O–H groups in total. The number of halogens is 2. The molecule has 6 nitrogen and oxygen atoms in total. The first kappa shape index (κ1) is 20.6. The lowest BCUT2D eigenvalue weighted by Gasteiger charge is -2.19. The third kappa shape index (κ3) is 4.41. The second-order valence-corrected chi connectivity index (χ2v) is 8.86. The number of hydrogen-bond donors (Lipinski definition) is 1. The highest BCUT2D eigenvalue weighted by Crippen LogP contribution is 2.20. The average Bonchev–Trinajstić information content (AvgIpc) is 3.26. The summed E-state index contributed by atoms with van der Waals surface area (Å²) in [6.07, 6.45) is 0.760. The Morgan fingerprint density at radius 2 is 2.03 bits per heavy atom. The van der Waals surface area contributed by atoms with Gasteiger partial charge in [-0.3, -0.25) is 9.69 Å². The van der Waals surface area contributed by atoms with Crippen molar-refractivity contribution < 1.29 is 13.6 Å². The molecule has 0 radical (unpaired) electrons. The number of carbonyl (C=O) groups excluding carboxylic acids is 1. The summed E-state index contributed by atoms with van der Waals surface area (Å²) in [5.74, 6) is -0.621. The molecule has 30 heavy (non-hydrogen) atoms. The molecule has 0 spiro atoms. The van der Waals surface area contributed by atoms with Gasteiger partial charge >= 0.3 is 0 Å². The van der Waals surface area contributed by atoms with Crippen molar-refractivity contribution in [1.29, 1.82) is 0 Å². The predicted molar refractivity (Wildman–Crippen MR) is 110 cm³/mol. The van der Waals surface area contributed by atoms with Crippen molar-refractivity contribution in [3.63, 3.8) is 0 Å². The summed E-state index contributed by atoms with van der Waals surface area (Å²) in [6.45, 7) is 7.20. The number of aromatic nitrogens is 3. The molecule has 0 saturated heterocycles. The Balaban J connectivity index is 1.44. The Hall–Kier alpha value is -2.65. The second-order valence-electron chi connectivity index (χ2n) is 7.48. The van der Waals surface area contributed by atoms with Crippen molar-refractivity contribution in [2.24, 2.45) is 0 Å². The van der Waals surface area contributed by atoms with Crippen molar-refractivity contribution in [3.05, 3.63) is 68.9 Å². The number of thiophene rings is 1. The van der Waals surface area contributed by atoms with E-state index < -0.39 is 23.6 Å². The molecule has 1 aromatic carbocycles. The van der Waals surface area contributed by atoms with E-state index in [0.29, 0.717) is 12.4 Å². The SMILES string of the molecule is Cc1ccc(CN2CCc3nnc(C(C)NC(=O)c4cc(F)ccc4F)n3CC2)s1. The van der Waals surface area contributed by atoms with Crippen LogP contribution in [0.3, 0.4) is 0 Å². The molecule has 4 rings (SSSR count). The second kappa shape index (κ2) is 8.61. The van der Waals surface area contributed by atoms with Crippen LogP contribution >= 0.6 is 11.3 Å². The van der Waals surface area contributed by atoms with E-state index >= 15 is 0 Å². The Labute approximate surface area is 177 Å². The summed E-state index contributed by atoms with van der Waals surface area (Å²) < 4.78 is 29.3.